The van der Waals surface area contributed by atoms with Crippen molar-refractivity contribution in [3.63, 3.8) is 0 Å². The largest absolute Gasteiger partial charge is 0.326 e. The van der Waals surface area contributed by atoms with Gasteiger partial charge in [0.2, 0.25) is 0 Å². The number of rotatable bonds is 6. The van der Waals surface area contributed by atoms with Gasteiger partial charge in [0, 0.05) is 18.6 Å². The van der Waals surface area contributed by atoms with E-state index in [1.165, 1.54) is 5.57 Å². The number of nitrogens with two attached hydrogens (primary N) is 1. The minimum Gasteiger partial charge on any atom is -0.326 e. The van der Waals surface area contributed by atoms with Crippen molar-refractivity contribution in [3.05, 3.63) is 12.2 Å². The molecule has 0 radical (unpaired) electrons. The molecule has 2 N–H and O–H groups in total. The smallest absolute Gasteiger partial charge is 0.0187 e. The standard InChI is InChI=1S/C11H24N2/c1-6-13(9-10(2)3)8-7-11(4,5)12/h2,6-9,12H2,1,3-5H3. The Bertz CT molecular complexity index is 156. The summed E-state index contributed by atoms with van der Waals surface area (Å²) in [5.74, 6) is 0. The number of hydrogen-bond donors (Lipinski definition) is 1. The Labute approximate surface area is 82.8 Å². The van der Waals surface area contributed by atoms with E-state index in [4.69, 9.17) is 5.73 Å². The highest BCUT2D eigenvalue weighted by Crippen LogP contribution is 2.06. The van der Waals surface area contributed by atoms with E-state index in [1.54, 1.807) is 0 Å². The minimum atomic E-state index is -0.0531. The molecular weight excluding hydrogens is 160 g/mol. The molecule has 0 spiro atoms. The van der Waals surface area contributed by atoms with Crippen LogP contribution in [0.3, 0.4) is 0 Å². The Morgan fingerprint density at radius 3 is 2.31 bits per heavy atom. The zero-order chi connectivity index (χ0) is 10.5. The monoisotopic (exact) mass is 184 g/mol. The van der Waals surface area contributed by atoms with Gasteiger partial charge in [-0.15, -0.1) is 0 Å². The highest BCUT2D eigenvalue weighted by atomic mass is 15.1. The van der Waals surface area contributed by atoms with Crippen molar-refractivity contribution in [3.8, 4) is 0 Å². The predicted octanol–water partition coefficient (Wildman–Crippen LogP) is 2.01. The molecule has 0 amide bonds. The zero-order valence-electron chi connectivity index (χ0n) is 9.56. The van der Waals surface area contributed by atoms with E-state index in [0.717, 1.165) is 26.1 Å². The molecule has 0 rings (SSSR count). The van der Waals surface area contributed by atoms with E-state index in [0.29, 0.717) is 0 Å². The maximum absolute atomic E-state index is 5.92. The SMILES string of the molecule is C=C(C)CN(CC)CCC(C)(C)N. The molecule has 0 aromatic rings. The summed E-state index contributed by atoms with van der Waals surface area (Å²) in [5.41, 5.74) is 7.09. The third-order valence-corrected chi connectivity index (χ3v) is 2.01. The fraction of sp³-hybridized carbons (Fsp3) is 0.818. The van der Waals surface area contributed by atoms with Crippen LogP contribution in [0.1, 0.15) is 34.1 Å². The van der Waals surface area contributed by atoms with Crippen LogP contribution < -0.4 is 5.73 Å². The van der Waals surface area contributed by atoms with Crippen LogP contribution in [0.4, 0.5) is 0 Å². The van der Waals surface area contributed by atoms with E-state index in [2.05, 4.69) is 39.2 Å². The van der Waals surface area contributed by atoms with Crippen LogP contribution in [-0.4, -0.2) is 30.1 Å². The van der Waals surface area contributed by atoms with Crippen LogP contribution in [0.2, 0.25) is 0 Å². The molecular formula is C11H24N2. The molecule has 0 aliphatic rings. The summed E-state index contributed by atoms with van der Waals surface area (Å²) >= 11 is 0. The summed E-state index contributed by atoms with van der Waals surface area (Å²) in [6, 6.07) is 0. The molecule has 0 aliphatic carbocycles. The van der Waals surface area contributed by atoms with Gasteiger partial charge < -0.3 is 5.73 Å². The first-order chi connectivity index (χ1) is 5.85. The quantitative estimate of drug-likeness (QED) is 0.640. The molecule has 0 aromatic heterocycles. The van der Waals surface area contributed by atoms with E-state index in [1.807, 2.05) is 0 Å². The Hall–Kier alpha value is -0.340. The van der Waals surface area contributed by atoms with Gasteiger partial charge in [-0.2, -0.15) is 0 Å². The number of nitrogens with zero attached hydrogens (tertiary/aromatic N) is 1. The van der Waals surface area contributed by atoms with E-state index in [9.17, 15) is 0 Å². The lowest BCUT2D eigenvalue weighted by Crippen LogP contribution is -2.37. The molecule has 0 aliphatic heterocycles. The number of likely N-dealkylation sites (N-methyl/N-ethyl adjacent to an activating group) is 1. The first-order valence-electron chi connectivity index (χ1n) is 5.01. The van der Waals surface area contributed by atoms with Crippen molar-refractivity contribution in [1.29, 1.82) is 0 Å². The van der Waals surface area contributed by atoms with Crippen LogP contribution in [0.15, 0.2) is 12.2 Å². The maximum Gasteiger partial charge on any atom is 0.0187 e. The molecule has 0 fully saturated rings. The van der Waals surface area contributed by atoms with Gasteiger partial charge in [-0.1, -0.05) is 19.1 Å². The van der Waals surface area contributed by atoms with Crippen molar-refractivity contribution < 1.29 is 0 Å². The second kappa shape index (κ2) is 5.40. The van der Waals surface area contributed by atoms with Gasteiger partial charge >= 0.3 is 0 Å². The second-order valence-electron chi connectivity index (χ2n) is 4.56. The van der Waals surface area contributed by atoms with Gasteiger partial charge in [-0.05, 0) is 33.7 Å². The Morgan fingerprint density at radius 1 is 1.46 bits per heavy atom. The summed E-state index contributed by atoms with van der Waals surface area (Å²) in [5, 5.41) is 0. The first-order valence-corrected chi connectivity index (χ1v) is 5.01. The third kappa shape index (κ3) is 8.00. The zero-order valence-corrected chi connectivity index (χ0v) is 9.56. The van der Waals surface area contributed by atoms with Crippen LogP contribution in [0.25, 0.3) is 0 Å². The van der Waals surface area contributed by atoms with Gasteiger partial charge in [0.15, 0.2) is 0 Å². The van der Waals surface area contributed by atoms with Crippen molar-refractivity contribution in [2.24, 2.45) is 5.73 Å². The normalized spacial score (nSPS) is 12.2. The topological polar surface area (TPSA) is 29.3 Å². The van der Waals surface area contributed by atoms with Crippen LogP contribution in [0, 0.1) is 0 Å². The molecule has 0 bridgehead atoms. The third-order valence-electron chi connectivity index (χ3n) is 2.01. The molecule has 13 heavy (non-hydrogen) atoms. The van der Waals surface area contributed by atoms with Crippen LogP contribution in [0.5, 0.6) is 0 Å². The number of hydrogen-bond acceptors (Lipinski definition) is 2. The van der Waals surface area contributed by atoms with Crippen molar-refractivity contribution >= 4 is 0 Å². The van der Waals surface area contributed by atoms with E-state index in [-0.39, 0.29) is 5.54 Å². The van der Waals surface area contributed by atoms with Crippen molar-refractivity contribution in [2.45, 2.75) is 39.7 Å². The lowest BCUT2D eigenvalue weighted by molar-refractivity contribution is 0.278. The average molecular weight is 184 g/mol. The fourth-order valence-electron chi connectivity index (χ4n) is 1.18. The Kier molecular flexibility index (Phi) is 5.26. The molecule has 0 heterocycles. The van der Waals surface area contributed by atoms with Gasteiger partial charge in [-0.3, -0.25) is 4.90 Å². The Balaban J connectivity index is 3.79. The molecule has 78 valence electrons. The summed E-state index contributed by atoms with van der Waals surface area (Å²) in [6.07, 6.45) is 1.04. The lowest BCUT2D eigenvalue weighted by atomic mass is 10.0. The maximum atomic E-state index is 5.92. The van der Waals surface area contributed by atoms with Crippen molar-refractivity contribution in [1.82, 2.24) is 4.90 Å². The highest BCUT2D eigenvalue weighted by molar-refractivity contribution is 4.92. The molecule has 0 saturated carbocycles. The lowest BCUT2D eigenvalue weighted by Gasteiger charge is -2.25. The fourth-order valence-corrected chi connectivity index (χ4v) is 1.18. The van der Waals surface area contributed by atoms with Gasteiger partial charge in [0.25, 0.3) is 0 Å². The summed E-state index contributed by atoms with van der Waals surface area (Å²) in [7, 11) is 0. The summed E-state index contributed by atoms with van der Waals surface area (Å²) in [4.78, 5) is 2.37. The molecule has 2 heteroatoms. The van der Waals surface area contributed by atoms with Crippen LogP contribution >= 0.6 is 0 Å². The van der Waals surface area contributed by atoms with Gasteiger partial charge in [0.1, 0.15) is 0 Å². The molecule has 0 aromatic carbocycles. The molecule has 2 nitrogen and oxygen atoms in total. The van der Waals surface area contributed by atoms with E-state index < -0.39 is 0 Å². The minimum absolute atomic E-state index is 0.0531. The van der Waals surface area contributed by atoms with Gasteiger partial charge in [0.05, 0.1) is 0 Å². The summed E-state index contributed by atoms with van der Waals surface area (Å²) in [6.45, 7) is 15.4. The highest BCUT2D eigenvalue weighted by Gasteiger charge is 2.12. The molecule has 0 unspecified atom stereocenters. The second-order valence-corrected chi connectivity index (χ2v) is 4.56. The van der Waals surface area contributed by atoms with E-state index >= 15 is 0 Å². The summed E-state index contributed by atoms with van der Waals surface area (Å²) < 4.78 is 0. The van der Waals surface area contributed by atoms with Crippen LogP contribution in [-0.2, 0) is 0 Å². The first kappa shape index (κ1) is 12.7. The Morgan fingerprint density at radius 2 is 2.00 bits per heavy atom. The van der Waals surface area contributed by atoms with Gasteiger partial charge in [-0.25, -0.2) is 0 Å². The molecule has 0 saturated heterocycles. The molecule has 0 atom stereocenters. The predicted molar refractivity (Wildman–Crippen MR) is 59.8 cm³/mol. The average Bonchev–Trinajstić information content (AvgIpc) is 1.95. The van der Waals surface area contributed by atoms with Crippen molar-refractivity contribution in [2.75, 3.05) is 19.6 Å².